The van der Waals surface area contributed by atoms with E-state index in [0.29, 0.717) is 12.6 Å². The second-order valence-corrected chi connectivity index (χ2v) is 4.59. The summed E-state index contributed by atoms with van der Waals surface area (Å²) in [5, 5.41) is 3.08. The van der Waals surface area contributed by atoms with Crippen LogP contribution >= 0.6 is 0 Å². The molecule has 1 atom stereocenters. The Hall–Kier alpha value is -0.810. The van der Waals surface area contributed by atoms with Gasteiger partial charge in [-0.1, -0.05) is 13.3 Å². The topological polar surface area (TPSA) is 61.6 Å². The molecule has 0 radical (unpaired) electrons. The number of hydrogen-bond acceptors (Lipinski definition) is 3. The van der Waals surface area contributed by atoms with Gasteiger partial charge in [0.25, 0.3) is 0 Å². The molecule has 5 nitrogen and oxygen atoms in total. The molecule has 1 unspecified atom stereocenters. The van der Waals surface area contributed by atoms with Gasteiger partial charge in [0.2, 0.25) is 0 Å². The van der Waals surface area contributed by atoms with Crippen LogP contribution in [0.25, 0.3) is 0 Å². The number of nitrogens with two attached hydrogens (primary N) is 1. The minimum atomic E-state index is 0.187. The summed E-state index contributed by atoms with van der Waals surface area (Å²) in [6, 6.07) is 0.518. The van der Waals surface area contributed by atoms with Gasteiger partial charge in [-0.25, -0.2) is 4.79 Å². The van der Waals surface area contributed by atoms with Gasteiger partial charge in [-0.3, -0.25) is 0 Å². The Balaban J connectivity index is 2.50. The van der Waals surface area contributed by atoms with Gasteiger partial charge in [0.15, 0.2) is 0 Å². The van der Waals surface area contributed by atoms with E-state index >= 15 is 0 Å². The molecule has 0 aliphatic carbocycles. The molecule has 0 aromatic carbocycles. The monoisotopic (exact) mass is 242 g/mol. The second-order valence-electron chi connectivity index (χ2n) is 4.59. The van der Waals surface area contributed by atoms with Crippen LogP contribution in [0.2, 0.25) is 0 Å². The van der Waals surface area contributed by atoms with Crippen LogP contribution in [0, 0.1) is 0 Å². The highest BCUT2D eigenvalue weighted by Gasteiger charge is 2.32. The van der Waals surface area contributed by atoms with E-state index in [1.54, 1.807) is 0 Å². The largest absolute Gasteiger partial charge is 0.330 e. The average molecular weight is 242 g/mol. The lowest BCUT2D eigenvalue weighted by Crippen LogP contribution is -2.41. The number of urea groups is 1. The summed E-state index contributed by atoms with van der Waals surface area (Å²) < 4.78 is 0. The zero-order valence-corrected chi connectivity index (χ0v) is 11.1. The van der Waals surface area contributed by atoms with Crippen LogP contribution in [0.5, 0.6) is 0 Å². The van der Waals surface area contributed by atoms with E-state index in [1.165, 1.54) is 0 Å². The van der Waals surface area contributed by atoms with Crippen molar-refractivity contribution in [1.82, 2.24) is 15.1 Å². The lowest BCUT2D eigenvalue weighted by atomic mass is 10.1. The van der Waals surface area contributed by atoms with Crippen LogP contribution < -0.4 is 11.1 Å². The molecule has 1 aliphatic rings. The van der Waals surface area contributed by atoms with Gasteiger partial charge < -0.3 is 20.9 Å². The van der Waals surface area contributed by atoms with Gasteiger partial charge in [-0.15, -0.1) is 0 Å². The molecule has 2 amide bonds. The van der Waals surface area contributed by atoms with Crippen molar-refractivity contribution < 1.29 is 4.79 Å². The van der Waals surface area contributed by atoms with Crippen LogP contribution in [-0.4, -0.2) is 61.6 Å². The summed E-state index contributed by atoms with van der Waals surface area (Å²) in [6.07, 6.45) is 3.08. The van der Waals surface area contributed by atoms with E-state index in [4.69, 9.17) is 5.73 Å². The Kier molecular flexibility index (Phi) is 6.29. The maximum atomic E-state index is 12.2. The Bertz CT molecular complexity index is 229. The minimum Gasteiger partial charge on any atom is -0.330 e. The van der Waals surface area contributed by atoms with Crippen molar-refractivity contribution in [2.75, 3.05) is 39.8 Å². The second kappa shape index (κ2) is 7.50. The fourth-order valence-corrected chi connectivity index (χ4v) is 2.38. The summed E-state index contributed by atoms with van der Waals surface area (Å²) in [7, 11) is 1.91. The van der Waals surface area contributed by atoms with Gasteiger partial charge in [0.05, 0.1) is 0 Å². The summed E-state index contributed by atoms with van der Waals surface area (Å²) in [5.41, 5.74) is 5.63. The van der Waals surface area contributed by atoms with Gasteiger partial charge in [-0.2, -0.15) is 0 Å². The Morgan fingerprint density at radius 2 is 2.18 bits per heavy atom. The normalized spacial score (nSPS) is 17.9. The van der Waals surface area contributed by atoms with Gasteiger partial charge in [0, 0.05) is 32.2 Å². The zero-order valence-electron chi connectivity index (χ0n) is 11.1. The van der Waals surface area contributed by atoms with Gasteiger partial charge >= 0.3 is 6.03 Å². The fraction of sp³-hybridized carbons (Fsp3) is 0.917. The van der Waals surface area contributed by atoms with E-state index in [9.17, 15) is 4.79 Å². The highest BCUT2D eigenvalue weighted by molar-refractivity contribution is 5.76. The first kappa shape index (κ1) is 14.3. The lowest BCUT2D eigenvalue weighted by molar-refractivity contribution is 0.172. The lowest BCUT2D eigenvalue weighted by Gasteiger charge is -2.27. The molecule has 1 rings (SSSR count). The summed E-state index contributed by atoms with van der Waals surface area (Å²) in [4.78, 5) is 16.1. The molecule has 1 saturated heterocycles. The number of hydrogen-bond donors (Lipinski definition) is 2. The molecular weight excluding hydrogens is 216 g/mol. The van der Waals surface area contributed by atoms with Crippen molar-refractivity contribution >= 4 is 6.03 Å². The number of carbonyl (C=O) groups excluding carboxylic acids is 1. The highest BCUT2D eigenvalue weighted by atomic mass is 16.2. The predicted molar refractivity (Wildman–Crippen MR) is 70.0 cm³/mol. The highest BCUT2D eigenvalue weighted by Crippen LogP contribution is 2.17. The van der Waals surface area contributed by atoms with E-state index in [2.05, 4.69) is 12.2 Å². The van der Waals surface area contributed by atoms with Crippen LogP contribution in [-0.2, 0) is 0 Å². The molecule has 0 saturated carbocycles. The number of nitrogens with one attached hydrogen (secondary N) is 1. The van der Waals surface area contributed by atoms with Gasteiger partial charge in [-0.05, 0) is 26.4 Å². The van der Waals surface area contributed by atoms with E-state index in [1.807, 2.05) is 16.8 Å². The zero-order chi connectivity index (χ0) is 12.7. The minimum absolute atomic E-state index is 0.187. The van der Waals surface area contributed by atoms with Crippen molar-refractivity contribution in [1.29, 1.82) is 0 Å². The molecule has 1 aliphatic heterocycles. The number of amides is 2. The Morgan fingerprint density at radius 3 is 2.76 bits per heavy atom. The number of nitrogens with zero attached hydrogens (tertiary/aromatic N) is 2. The summed E-state index contributed by atoms with van der Waals surface area (Å²) >= 11 is 0. The number of likely N-dealkylation sites (N-methyl/N-ethyl adjacent to an activating group) is 1. The third-order valence-corrected chi connectivity index (χ3v) is 3.32. The van der Waals surface area contributed by atoms with E-state index in [-0.39, 0.29) is 6.03 Å². The SMILES string of the molecule is CCCC(CCN)N1CCN(CCNC)C1=O. The fourth-order valence-electron chi connectivity index (χ4n) is 2.38. The Morgan fingerprint density at radius 1 is 1.41 bits per heavy atom. The average Bonchev–Trinajstić information content (AvgIpc) is 2.68. The van der Waals surface area contributed by atoms with Crippen LogP contribution in [0.3, 0.4) is 0 Å². The molecule has 0 aromatic rings. The van der Waals surface area contributed by atoms with Crippen molar-refractivity contribution in [2.45, 2.75) is 32.2 Å². The Labute approximate surface area is 104 Å². The van der Waals surface area contributed by atoms with Crippen molar-refractivity contribution in [3.05, 3.63) is 0 Å². The molecule has 100 valence electrons. The molecular formula is C12H26N4O. The van der Waals surface area contributed by atoms with Crippen LogP contribution in [0.1, 0.15) is 26.2 Å². The molecule has 1 fully saturated rings. The molecule has 0 aromatic heterocycles. The number of carbonyl (C=O) groups is 1. The third-order valence-electron chi connectivity index (χ3n) is 3.32. The maximum absolute atomic E-state index is 12.2. The van der Waals surface area contributed by atoms with Gasteiger partial charge in [0.1, 0.15) is 0 Å². The van der Waals surface area contributed by atoms with Crippen molar-refractivity contribution in [3.8, 4) is 0 Å². The molecule has 17 heavy (non-hydrogen) atoms. The standard InChI is InChI=1S/C12H26N4O/c1-3-4-11(5-6-13)16-10-9-15(12(16)17)8-7-14-2/h11,14H,3-10,13H2,1-2H3. The summed E-state index contributed by atoms with van der Waals surface area (Å²) in [5.74, 6) is 0. The molecule has 1 heterocycles. The van der Waals surface area contributed by atoms with Crippen molar-refractivity contribution in [3.63, 3.8) is 0 Å². The van der Waals surface area contributed by atoms with E-state index < -0.39 is 0 Å². The molecule has 3 N–H and O–H groups in total. The first-order valence-corrected chi connectivity index (χ1v) is 6.64. The van der Waals surface area contributed by atoms with E-state index in [0.717, 1.165) is 45.4 Å². The van der Waals surface area contributed by atoms with Crippen LogP contribution in [0.4, 0.5) is 4.79 Å². The van der Waals surface area contributed by atoms with Crippen LogP contribution in [0.15, 0.2) is 0 Å². The third kappa shape index (κ3) is 3.85. The molecule has 0 spiro atoms. The summed E-state index contributed by atoms with van der Waals surface area (Å²) in [6.45, 7) is 6.18. The first-order chi connectivity index (χ1) is 8.24. The smallest absolute Gasteiger partial charge is 0.320 e. The maximum Gasteiger partial charge on any atom is 0.320 e. The predicted octanol–water partition coefficient (Wildman–Crippen LogP) is 0.461. The molecule has 0 bridgehead atoms. The molecule has 5 heteroatoms. The van der Waals surface area contributed by atoms with Crippen molar-refractivity contribution in [2.24, 2.45) is 5.73 Å². The first-order valence-electron chi connectivity index (χ1n) is 6.64. The quantitative estimate of drug-likeness (QED) is 0.650. The number of rotatable bonds is 8.